The van der Waals surface area contributed by atoms with E-state index in [0.717, 1.165) is 31.7 Å². The van der Waals surface area contributed by atoms with E-state index in [9.17, 15) is 8.42 Å². The first-order valence-corrected chi connectivity index (χ1v) is 9.45. The van der Waals surface area contributed by atoms with Gasteiger partial charge < -0.3 is 10.1 Å². The number of rotatable bonds is 5. The Morgan fingerprint density at radius 1 is 1.42 bits per heavy atom. The van der Waals surface area contributed by atoms with Crippen LogP contribution < -0.4 is 14.8 Å². The van der Waals surface area contributed by atoms with Crippen LogP contribution in [0.2, 0.25) is 5.02 Å². The topological polar surface area (TPSA) is 85.2 Å². The normalized spacial score (nSPS) is 14.9. The lowest BCUT2D eigenvalue weighted by Gasteiger charge is -2.10. The van der Waals surface area contributed by atoms with Crippen LogP contribution in [0, 0.1) is 0 Å². The number of hydrogen-bond donors (Lipinski definition) is 2. The highest BCUT2D eigenvalue weighted by molar-refractivity contribution is 7.89. The van der Waals surface area contributed by atoms with Crippen LogP contribution in [0.5, 0.6) is 5.75 Å². The second kappa shape index (κ2) is 7.10. The Morgan fingerprint density at radius 2 is 2.25 bits per heavy atom. The highest BCUT2D eigenvalue weighted by atomic mass is 35.5. The first kappa shape index (κ1) is 17.2. The Morgan fingerprint density at radius 3 is 3.04 bits per heavy atom. The minimum atomic E-state index is -3.76. The van der Waals surface area contributed by atoms with E-state index >= 15 is 0 Å². The summed E-state index contributed by atoms with van der Waals surface area (Å²) in [5.41, 5.74) is 1.74. The maximum absolute atomic E-state index is 12.5. The molecule has 3 rings (SSSR count). The first-order chi connectivity index (χ1) is 11.5. The molecule has 1 aliphatic rings. The molecule has 2 N–H and O–H groups in total. The van der Waals surface area contributed by atoms with Gasteiger partial charge in [-0.1, -0.05) is 11.6 Å². The monoisotopic (exact) mass is 370 g/mol. The Kier molecular flexibility index (Phi) is 5.09. The highest BCUT2D eigenvalue weighted by Gasteiger charge is 2.21. The zero-order chi connectivity index (χ0) is 17.2. The number of benzene rings is 1. The largest absolute Gasteiger partial charge is 0.495 e. The Hall–Kier alpha value is -1.61. The molecule has 1 aliphatic heterocycles. The highest BCUT2D eigenvalue weighted by Crippen LogP contribution is 2.27. The van der Waals surface area contributed by atoms with Gasteiger partial charge in [-0.15, -0.1) is 0 Å². The van der Waals surface area contributed by atoms with Crippen LogP contribution in [0.3, 0.4) is 0 Å². The van der Waals surface area contributed by atoms with Gasteiger partial charge in [0.15, 0.2) is 0 Å². The zero-order valence-corrected chi connectivity index (χ0v) is 14.8. The summed E-state index contributed by atoms with van der Waals surface area (Å²) in [4.78, 5) is 0.0138. The number of aromatic nitrogens is 2. The van der Waals surface area contributed by atoms with Gasteiger partial charge in [0, 0.05) is 18.1 Å². The predicted octanol–water partition coefficient (Wildman–Crippen LogP) is 1.52. The molecule has 0 unspecified atom stereocenters. The molecule has 0 atom stereocenters. The molecule has 0 fully saturated rings. The van der Waals surface area contributed by atoms with Crippen LogP contribution >= 0.6 is 11.6 Å². The summed E-state index contributed by atoms with van der Waals surface area (Å²) in [5.74, 6) is 0.247. The molecule has 0 bridgehead atoms. The number of sulfonamides is 1. The van der Waals surface area contributed by atoms with E-state index in [-0.39, 0.29) is 17.2 Å². The third kappa shape index (κ3) is 3.72. The van der Waals surface area contributed by atoms with Gasteiger partial charge in [0.25, 0.3) is 0 Å². The molecule has 2 heterocycles. The molecular weight excluding hydrogens is 352 g/mol. The second-order valence-electron chi connectivity index (χ2n) is 5.50. The number of nitrogens with one attached hydrogen (secondary N) is 2. The number of methoxy groups -OCH3 is 1. The fraction of sp³-hybridized carbons (Fsp3) is 0.400. The van der Waals surface area contributed by atoms with Crippen molar-refractivity contribution < 1.29 is 13.2 Å². The number of aryl methyl sites for hydroxylation is 1. The van der Waals surface area contributed by atoms with E-state index in [1.807, 2.05) is 10.7 Å². The minimum absolute atomic E-state index is 0.0138. The van der Waals surface area contributed by atoms with Gasteiger partial charge in [-0.05, 0) is 37.2 Å². The second-order valence-corrected chi connectivity index (χ2v) is 7.67. The van der Waals surface area contributed by atoms with Crippen LogP contribution in [-0.2, 0) is 29.7 Å². The van der Waals surface area contributed by atoms with Crippen molar-refractivity contribution in [3.8, 4) is 5.75 Å². The molecule has 0 spiro atoms. The van der Waals surface area contributed by atoms with Gasteiger partial charge in [-0.25, -0.2) is 13.1 Å². The van der Waals surface area contributed by atoms with E-state index in [0.29, 0.717) is 10.7 Å². The van der Waals surface area contributed by atoms with E-state index < -0.39 is 10.0 Å². The van der Waals surface area contributed by atoms with Crippen molar-refractivity contribution in [1.82, 2.24) is 19.8 Å². The third-order valence-electron chi connectivity index (χ3n) is 3.80. The summed E-state index contributed by atoms with van der Waals surface area (Å²) >= 11 is 5.91. The van der Waals surface area contributed by atoms with Crippen molar-refractivity contribution in [3.05, 3.63) is 40.7 Å². The average molecular weight is 371 g/mol. The lowest BCUT2D eigenvalue weighted by atomic mass is 10.3. The van der Waals surface area contributed by atoms with E-state index in [4.69, 9.17) is 16.3 Å². The zero-order valence-electron chi connectivity index (χ0n) is 13.3. The number of fused-ring (bicyclic) bond motifs is 1. The Balaban J connectivity index is 1.77. The van der Waals surface area contributed by atoms with Gasteiger partial charge in [0.2, 0.25) is 10.0 Å². The smallest absolute Gasteiger partial charge is 0.244 e. The van der Waals surface area contributed by atoms with Gasteiger partial charge in [0.1, 0.15) is 10.6 Å². The molecule has 1 aromatic heterocycles. The fourth-order valence-corrected chi connectivity index (χ4v) is 4.04. The number of halogens is 1. The summed E-state index contributed by atoms with van der Waals surface area (Å²) < 4.78 is 34.7. The van der Waals surface area contributed by atoms with Gasteiger partial charge in [0.05, 0.1) is 25.0 Å². The third-order valence-corrected chi connectivity index (χ3v) is 5.46. The van der Waals surface area contributed by atoms with Crippen molar-refractivity contribution in [1.29, 1.82) is 0 Å². The molecule has 130 valence electrons. The van der Waals surface area contributed by atoms with Crippen LogP contribution in [0.1, 0.15) is 17.8 Å². The molecule has 0 saturated heterocycles. The molecule has 9 heteroatoms. The number of hydrogen-bond acceptors (Lipinski definition) is 5. The van der Waals surface area contributed by atoms with Gasteiger partial charge in [-0.2, -0.15) is 5.10 Å². The van der Waals surface area contributed by atoms with Crippen LogP contribution in [0.4, 0.5) is 0 Å². The average Bonchev–Trinajstić information content (AvgIpc) is 2.82. The van der Waals surface area contributed by atoms with Crippen LogP contribution in [0.25, 0.3) is 0 Å². The first-order valence-electron chi connectivity index (χ1n) is 7.59. The molecule has 1 aromatic carbocycles. The summed E-state index contributed by atoms with van der Waals surface area (Å²) in [5, 5.41) is 8.10. The predicted molar refractivity (Wildman–Crippen MR) is 90.6 cm³/mol. The summed E-state index contributed by atoms with van der Waals surface area (Å²) in [6.07, 6.45) is 1.000. The Labute approximate surface area is 146 Å². The van der Waals surface area contributed by atoms with Crippen molar-refractivity contribution in [2.75, 3.05) is 13.7 Å². The fourth-order valence-electron chi connectivity index (χ4n) is 2.61. The van der Waals surface area contributed by atoms with Crippen molar-refractivity contribution in [2.24, 2.45) is 0 Å². The van der Waals surface area contributed by atoms with Crippen LogP contribution in [0.15, 0.2) is 29.2 Å². The molecule has 0 radical (unpaired) electrons. The maximum Gasteiger partial charge on any atom is 0.244 e. The molecule has 2 aromatic rings. The molecule has 24 heavy (non-hydrogen) atoms. The summed E-state index contributed by atoms with van der Waals surface area (Å²) in [7, 11) is -2.34. The van der Waals surface area contributed by atoms with Crippen molar-refractivity contribution >= 4 is 21.6 Å². The lowest BCUT2D eigenvalue weighted by molar-refractivity contribution is 0.402. The molecule has 7 nitrogen and oxygen atoms in total. The molecule has 0 aliphatic carbocycles. The van der Waals surface area contributed by atoms with E-state index in [1.165, 1.54) is 19.2 Å². The standard InChI is InChI=1S/C15H19ClN4O3S/c1-23-14-4-3-11(16)7-15(14)24(21,22)18-9-12-8-13-10-17-5-2-6-20(13)19-12/h3-4,7-8,17-18H,2,5-6,9-10H2,1H3. The van der Waals surface area contributed by atoms with Crippen molar-refractivity contribution in [3.63, 3.8) is 0 Å². The number of ether oxygens (including phenoxy) is 1. The Bertz CT molecular complexity index is 812. The number of nitrogens with zero attached hydrogens (tertiary/aromatic N) is 2. The molecule has 0 saturated carbocycles. The van der Waals surface area contributed by atoms with Crippen molar-refractivity contribution in [2.45, 2.75) is 31.0 Å². The SMILES string of the molecule is COc1ccc(Cl)cc1S(=O)(=O)NCc1cc2n(n1)CCCNC2. The summed E-state index contributed by atoms with van der Waals surface area (Å²) in [6.45, 7) is 2.64. The van der Waals surface area contributed by atoms with Gasteiger partial charge >= 0.3 is 0 Å². The van der Waals surface area contributed by atoms with E-state index in [2.05, 4.69) is 15.1 Å². The minimum Gasteiger partial charge on any atom is -0.495 e. The van der Waals surface area contributed by atoms with E-state index in [1.54, 1.807) is 6.07 Å². The lowest BCUT2D eigenvalue weighted by Crippen LogP contribution is -2.24. The van der Waals surface area contributed by atoms with Crippen LogP contribution in [-0.4, -0.2) is 31.9 Å². The molecule has 0 amide bonds. The van der Waals surface area contributed by atoms with Gasteiger partial charge in [-0.3, -0.25) is 4.68 Å². The quantitative estimate of drug-likeness (QED) is 0.833. The summed E-state index contributed by atoms with van der Waals surface area (Å²) in [6, 6.07) is 6.39. The maximum atomic E-state index is 12.5. The molecular formula is C15H19ClN4O3S.